The van der Waals surface area contributed by atoms with Gasteiger partial charge >= 0.3 is 0 Å². The highest BCUT2D eigenvalue weighted by Gasteiger charge is 2.05. The summed E-state index contributed by atoms with van der Waals surface area (Å²) in [5.41, 5.74) is 5.51. The summed E-state index contributed by atoms with van der Waals surface area (Å²) in [6.45, 7) is 6.49. The largest absolute Gasteiger partial charge is 0.414 e. The van der Waals surface area contributed by atoms with E-state index < -0.39 is 0 Å². The molecule has 0 aliphatic carbocycles. The minimum Gasteiger partial charge on any atom is -0.414 e. The van der Waals surface area contributed by atoms with Gasteiger partial charge in [0.1, 0.15) is 0 Å². The van der Waals surface area contributed by atoms with Crippen LogP contribution in [0.3, 0.4) is 0 Å². The Morgan fingerprint density at radius 2 is 1.83 bits per heavy atom. The van der Waals surface area contributed by atoms with E-state index in [0.29, 0.717) is 10.7 Å². The molecule has 96 valence electrons. The molecule has 1 aromatic heterocycles. The monoisotopic (exact) mass is 262 g/mol. The predicted molar refractivity (Wildman–Crippen MR) is 74.4 cm³/mol. The summed E-state index contributed by atoms with van der Waals surface area (Å²) >= 11 is 4.85. The van der Waals surface area contributed by atoms with Crippen molar-refractivity contribution in [1.82, 2.24) is 10.2 Å². The fourth-order valence-corrected chi connectivity index (χ4v) is 2.53. The Hall–Kier alpha value is -1.42. The second-order valence-corrected chi connectivity index (χ2v) is 5.11. The van der Waals surface area contributed by atoms with Crippen LogP contribution in [-0.4, -0.2) is 10.2 Å². The average Bonchev–Trinajstić information content (AvgIpc) is 2.68. The minimum atomic E-state index is 0.354. The van der Waals surface area contributed by atoms with Crippen molar-refractivity contribution in [3.8, 4) is 0 Å². The van der Waals surface area contributed by atoms with Crippen molar-refractivity contribution in [2.24, 2.45) is 0 Å². The Kier molecular flexibility index (Phi) is 3.97. The summed E-state index contributed by atoms with van der Waals surface area (Å²) in [4.78, 5) is 0.354. The fraction of sp³-hybridized carbons (Fsp3) is 0.429. The number of hydrogen-bond donors (Lipinski definition) is 1. The van der Waals surface area contributed by atoms with Crippen molar-refractivity contribution >= 4 is 12.2 Å². The van der Waals surface area contributed by atoms with Crippen LogP contribution in [0.1, 0.15) is 34.6 Å². The number of aryl methyl sites for hydroxylation is 4. The van der Waals surface area contributed by atoms with Crippen molar-refractivity contribution in [2.45, 2.75) is 40.0 Å². The SMILES string of the molecule is Cc1cc(C)c(CCCc2n[nH]c(=S)o2)c(C)c1. The van der Waals surface area contributed by atoms with Crippen molar-refractivity contribution < 1.29 is 4.42 Å². The molecular weight excluding hydrogens is 244 g/mol. The van der Waals surface area contributed by atoms with E-state index in [0.717, 1.165) is 19.3 Å². The van der Waals surface area contributed by atoms with E-state index >= 15 is 0 Å². The molecule has 0 aliphatic heterocycles. The molecule has 0 radical (unpaired) electrons. The first-order valence-corrected chi connectivity index (χ1v) is 6.58. The van der Waals surface area contributed by atoms with Crippen LogP contribution in [0.5, 0.6) is 0 Å². The molecule has 0 saturated heterocycles. The number of nitrogens with zero attached hydrogens (tertiary/aromatic N) is 1. The maximum Gasteiger partial charge on any atom is 0.284 e. The van der Waals surface area contributed by atoms with Gasteiger partial charge in [0, 0.05) is 6.42 Å². The Morgan fingerprint density at radius 1 is 1.17 bits per heavy atom. The molecule has 2 rings (SSSR count). The van der Waals surface area contributed by atoms with E-state index in [-0.39, 0.29) is 0 Å². The summed E-state index contributed by atoms with van der Waals surface area (Å²) in [5.74, 6) is 0.697. The summed E-state index contributed by atoms with van der Waals surface area (Å²) in [5, 5.41) is 6.66. The van der Waals surface area contributed by atoms with Gasteiger partial charge in [0.2, 0.25) is 5.89 Å². The summed E-state index contributed by atoms with van der Waals surface area (Å²) in [6, 6.07) is 4.48. The molecule has 0 atom stereocenters. The smallest absolute Gasteiger partial charge is 0.284 e. The summed E-state index contributed by atoms with van der Waals surface area (Å²) in [7, 11) is 0. The highest BCUT2D eigenvalue weighted by Crippen LogP contribution is 2.18. The van der Waals surface area contributed by atoms with Gasteiger partial charge in [-0.1, -0.05) is 17.7 Å². The molecular formula is C14H18N2OS. The third-order valence-corrected chi connectivity index (χ3v) is 3.31. The van der Waals surface area contributed by atoms with E-state index in [1.165, 1.54) is 22.3 Å². The summed E-state index contributed by atoms with van der Waals surface area (Å²) in [6.07, 6.45) is 2.89. The van der Waals surface area contributed by atoms with Crippen molar-refractivity contribution in [1.29, 1.82) is 0 Å². The predicted octanol–water partition coefficient (Wildman–Crippen LogP) is 3.83. The number of hydrogen-bond acceptors (Lipinski definition) is 3. The van der Waals surface area contributed by atoms with E-state index in [1.807, 2.05) is 0 Å². The topological polar surface area (TPSA) is 41.8 Å². The molecule has 0 aliphatic rings. The molecule has 3 nitrogen and oxygen atoms in total. The van der Waals surface area contributed by atoms with Crippen molar-refractivity contribution in [3.63, 3.8) is 0 Å². The lowest BCUT2D eigenvalue weighted by atomic mass is 9.96. The average molecular weight is 262 g/mol. The lowest BCUT2D eigenvalue weighted by Crippen LogP contribution is -1.97. The maximum atomic E-state index is 5.25. The van der Waals surface area contributed by atoms with E-state index in [4.69, 9.17) is 16.6 Å². The third-order valence-electron chi connectivity index (χ3n) is 3.14. The number of H-pyrrole nitrogens is 1. The van der Waals surface area contributed by atoms with E-state index in [1.54, 1.807) is 0 Å². The van der Waals surface area contributed by atoms with Gasteiger partial charge in [-0.3, -0.25) is 0 Å². The maximum absolute atomic E-state index is 5.25. The molecule has 2 aromatic rings. The molecule has 18 heavy (non-hydrogen) atoms. The van der Waals surface area contributed by atoms with Gasteiger partial charge in [0.15, 0.2) is 0 Å². The Bertz CT molecular complexity index is 575. The van der Waals surface area contributed by atoms with Crippen LogP contribution >= 0.6 is 12.2 Å². The van der Waals surface area contributed by atoms with Crippen molar-refractivity contribution in [2.75, 3.05) is 0 Å². The standard InChI is InChI=1S/C14H18N2OS/c1-9-7-10(2)12(11(3)8-9)5-4-6-13-15-16-14(18)17-13/h7-8H,4-6H2,1-3H3,(H,16,18). The first-order valence-electron chi connectivity index (χ1n) is 6.17. The highest BCUT2D eigenvalue weighted by atomic mass is 32.1. The van der Waals surface area contributed by atoms with Crippen LogP contribution in [0.2, 0.25) is 0 Å². The first-order chi connectivity index (χ1) is 8.56. The number of benzene rings is 1. The lowest BCUT2D eigenvalue weighted by Gasteiger charge is -2.10. The fourth-order valence-electron chi connectivity index (χ4n) is 2.39. The molecule has 4 heteroatoms. The van der Waals surface area contributed by atoms with Crippen LogP contribution in [0.25, 0.3) is 0 Å². The van der Waals surface area contributed by atoms with Gasteiger partial charge < -0.3 is 4.42 Å². The Labute approximate surface area is 112 Å². The van der Waals surface area contributed by atoms with Gasteiger partial charge in [0.25, 0.3) is 4.84 Å². The van der Waals surface area contributed by atoms with Gasteiger partial charge in [-0.25, -0.2) is 5.10 Å². The second kappa shape index (κ2) is 5.48. The normalized spacial score (nSPS) is 10.8. The molecule has 1 aromatic carbocycles. The quantitative estimate of drug-likeness (QED) is 0.851. The molecule has 1 heterocycles. The highest BCUT2D eigenvalue weighted by molar-refractivity contribution is 7.71. The number of nitrogens with one attached hydrogen (secondary N) is 1. The zero-order valence-corrected chi connectivity index (χ0v) is 11.9. The summed E-state index contributed by atoms with van der Waals surface area (Å²) < 4.78 is 5.25. The first kappa shape index (κ1) is 13.0. The number of aromatic nitrogens is 2. The molecule has 0 amide bonds. The number of aromatic amines is 1. The lowest BCUT2D eigenvalue weighted by molar-refractivity contribution is 0.474. The molecule has 0 fully saturated rings. The van der Waals surface area contributed by atoms with Crippen LogP contribution in [0.15, 0.2) is 16.5 Å². The van der Waals surface area contributed by atoms with Gasteiger partial charge in [-0.15, -0.1) is 5.10 Å². The number of rotatable bonds is 4. The molecule has 0 saturated carbocycles. The van der Waals surface area contributed by atoms with E-state index in [9.17, 15) is 0 Å². The molecule has 0 bridgehead atoms. The van der Waals surface area contributed by atoms with Crippen molar-refractivity contribution in [3.05, 3.63) is 45.1 Å². The van der Waals surface area contributed by atoms with Crippen LogP contribution < -0.4 is 0 Å². The zero-order valence-electron chi connectivity index (χ0n) is 11.0. The van der Waals surface area contributed by atoms with Crippen LogP contribution in [-0.2, 0) is 12.8 Å². The Morgan fingerprint density at radius 3 is 2.39 bits per heavy atom. The zero-order chi connectivity index (χ0) is 13.1. The van der Waals surface area contributed by atoms with Crippen LogP contribution in [0, 0.1) is 25.6 Å². The molecule has 0 spiro atoms. The van der Waals surface area contributed by atoms with Crippen LogP contribution in [0.4, 0.5) is 0 Å². The minimum absolute atomic E-state index is 0.354. The molecule has 0 unspecified atom stereocenters. The Balaban J connectivity index is 2.00. The van der Waals surface area contributed by atoms with E-state index in [2.05, 4.69) is 43.1 Å². The van der Waals surface area contributed by atoms with Gasteiger partial charge in [0.05, 0.1) is 0 Å². The third kappa shape index (κ3) is 3.07. The van der Waals surface area contributed by atoms with Gasteiger partial charge in [-0.05, 0) is 62.5 Å². The van der Waals surface area contributed by atoms with Gasteiger partial charge in [-0.2, -0.15) is 0 Å². The molecule has 1 N–H and O–H groups in total. The second-order valence-electron chi connectivity index (χ2n) is 4.74.